The molecule has 0 aliphatic rings. The molecule has 0 radical (unpaired) electrons. The van der Waals surface area contributed by atoms with Gasteiger partial charge in [0.15, 0.2) is 0 Å². The summed E-state index contributed by atoms with van der Waals surface area (Å²) in [6.45, 7) is 6.54. The van der Waals surface area contributed by atoms with Crippen LogP contribution in [-0.4, -0.2) is 30.8 Å². The van der Waals surface area contributed by atoms with Crippen molar-refractivity contribution in [1.29, 1.82) is 0 Å². The number of aromatic nitrogens is 1. The van der Waals surface area contributed by atoms with Crippen LogP contribution >= 0.6 is 0 Å². The number of nitrogens with one attached hydrogen (secondary N) is 1. The van der Waals surface area contributed by atoms with Gasteiger partial charge in [0.1, 0.15) is 0 Å². The second kappa shape index (κ2) is 8.02. The van der Waals surface area contributed by atoms with Gasteiger partial charge in [-0.2, -0.15) is 0 Å². The van der Waals surface area contributed by atoms with Crippen LogP contribution < -0.4 is 5.32 Å². The fourth-order valence-electron chi connectivity index (χ4n) is 1.29. The Hall–Kier alpha value is -1.19. The molecular weight excluding hydrogens is 200 g/mol. The highest BCUT2D eigenvalue weighted by atomic mass is 16.5. The molecule has 1 rings (SSSR count). The third-order valence-corrected chi connectivity index (χ3v) is 2.16. The topological polar surface area (TPSA) is 34.1 Å². The van der Waals surface area contributed by atoms with Crippen molar-refractivity contribution in [3.63, 3.8) is 0 Å². The minimum Gasteiger partial charge on any atom is -0.380 e. The van der Waals surface area contributed by atoms with E-state index in [4.69, 9.17) is 4.74 Å². The maximum absolute atomic E-state index is 5.25. The molecule has 0 amide bonds. The lowest BCUT2D eigenvalue weighted by Gasteiger charge is -2.08. The molecule has 1 heterocycles. The molecule has 16 heavy (non-hydrogen) atoms. The SMILES string of the molecule is CCOCCNC(C)/C=C/c1ccccn1. The second-order valence-electron chi connectivity index (χ2n) is 3.55. The van der Waals surface area contributed by atoms with Crippen LogP contribution in [0.3, 0.4) is 0 Å². The highest BCUT2D eigenvalue weighted by molar-refractivity contribution is 5.44. The van der Waals surface area contributed by atoms with Crippen LogP contribution in [0.4, 0.5) is 0 Å². The summed E-state index contributed by atoms with van der Waals surface area (Å²) in [5.41, 5.74) is 0.987. The lowest BCUT2D eigenvalue weighted by atomic mass is 10.2. The smallest absolute Gasteiger partial charge is 0.0627 e. The number of pyridine rings is 1. The molecule has 0 aromatic carbocycles. The Morgan fingerprint density at radius 1 is 1.50 bits per heavy atom. The Labute approximate surface area is 97.5 Å². The molecule has 3 nitrogen and oxygen atoms in total. The number of ether oxygens (including phenoxy) is 1. The van der Waals surface area contributed by atoms with Crippen molar-refractivity contribution in [3.05, 3.63) is 36.2 Å². The lowest BCUT2D eigenvalue weighted by molar-refractivity contribution is 0.148. The molecule has 0 spiro atoms. The van der Waals surface area contributed by atoms with Crippen LogP contribution in [0.5, 0.6) is 0 Å². The molecule has 0 aliphatic carbocycles. The Balaban J connectivity index is 2.23. The molecule has 1 atom stereocenters. The van der Waals surface area contributed by atoms with Crippen LogP contribution in [0.25, 0.3) is 6.08 Å². The van der Waals surface area contributed by atoms with Gasteiger partial charge in [-0.05, 0) is 32.1 Å². The standard InChI is InChI=1S/C13H20N2O/c1-3-16-11-10-14-12(2)7-8-13-6-4-5-9-15-13/h4-9,12,14H,3,10-11H2,1-2H3/b8-7+. The molecular formula is C13H20N2O. The predicted octanol–water partition coefficient (Wildman–Crippen LogP) is 2.11. The molecule has 0 saturated heterocycles. The van der Waals surface area contributed by atoms with Crippen molar-refractivity contribution in [2.24, 2.45) is 0 Å². The van der Waals surface area contributed by atoms with Crippen molar-refractivity contribution >= 4 is 6.08 Å². The van der Waals surface area contributed by atoms with E-state index in [1.165, 1.54) is 0 Å². The van der Waals surface area contributed by atoms with Crippen LogP contribution in [0.1, 0.15) is 19.5 Å². The average Bonchev–Trinajstić information content (AvgIpc) is 2.33. The number of hydrogen-bond donors (Lipinski definition) is 1. The van der Waals surface area contributed by atoms with Crippen LogP contribution in [0.2, 0.25) is 0 Å². The predicted molar refractivity (Wildman–Crippen MR) is 67.2 cm³/mol. The number of hydrogen-bond acceptors (Lipinski definition) is 3. The lowest BCUT2D eigenvalue weighted by Crippen LogP contribution is -2.27. The molecule has 0 fully saturated rings. The second-order valence-corrected chi connectivity index (χ2v) is 3.55. The fraction of sp³-hybridized carbons (Fsp3) is 0.462. The van der Waals surface area contributed by atoms with E-state index < -0.39 is 0 Å². The summed E-state index contributed by atoms with van der Waals surface area (Å²) in [5, 5.41) is 3.35. The molecule has 1 aromatic rings. The first-order valence-corrected chi connectivity index (χ1v) is 5.73. The molecule has 0 bridgehead atoms. The van der Waals surface area contributed by atoms with E-state index in [2.05, 4.69) is 23.3 Å². The van der Waals surface area contributed by atoms with Crippen molar-refractivity contribution < 1.29 is 4.74 Å². The first-order valence-electron chi connectivity index (χ1n) is 5.73. The van der Waals surface area contributed by atoms with Gasteiger partial charge in [0.25, 0.3) is 0 Å². The van der Waals surface area contributed by atoms with Gasteiger partial charge in [-0.1, -0.05) is 12.1 Å². The van der Waals surface area contributed by atoms with E-state index in [1.807, 2.05) is 31.2 Å². The van der Waals surface area contributed by atoms with Crippen molar-refractivity contribution in [2.75, 3.05) is 19.8 Å². The van der Waals surface area contributed by atoms with Gasteiger partial charge in [-0.15, -0.1) is 0 Å². The van der Waals surface area contributed by atoms with Crippen LogP contribution in [0.15, 0.2) is 30.5 Å². The quantitative estimate of drug-likeness (QED) is 0.715. The Bertz CT molecular complexity index is 298. The first-order chi connectivity index (χ1) is 7.83. The average molecular weight is 220 g/mol. The zero-order chi connectivity index (χ0) is 11.6. The van der Waals surface area contributed by atoms with E-state index in [0.717, 1.165) is 25.5 Å². The first kappa shape index (κ1) is 12.9. The van der Waals surface area contributed by atoms with Gasteiger partial charge >= 0.3 is 0 Å². The Kier molecular flexibility index (Phi) is 6.45. The van der Waals surface area contributed by atoms with Gasteiger partial charge in [0.05, 0.1) is 12.3 Å². The molecule has 3 heteroatoms. The summed E-state index contributed by atoms with van der Waals surface area (Å²) in [4.78, 5) is 4.22. The normalized spacial score (nSPS) is 13.1. The van der Waals surface area contributed by atoms with Crippen molar-refractivity contribution in [3.8, 4) is 0 Å². The summed E-state index contributed by atoms with van der Waals surface area (Å²) in [7, 11) is 0. The maximum atomic E-state index is 5.25. The molecule has 0 aliphatic heterocycles. The summed E-state index contributed by atoms with van der Waals surface area (Å²) >= 11 is 0. The zero-order valence-corrected chi connectivity index (χ0v) is 10.0. The third kappa shape index (κ3) is 5.63. The number of nitrogens with zero attached hydrogens (tertiary/aromatic N) is 1. The maximum Gasteiger partial charge on any atom is 0.0627 e. The summed E-state index contributed by atoms with van der Waals surface area (Å²) in [5.74, 6) is 0. The Morgan fingerprint density at radius 2 is 2.38 bits per heavy atom. The monoisotopic (exact) mass is 220 g/mol. The van der Waals surface area contributed by atoms with E-state index in [1.54, 1.807) is 6.20 Å². The largest absolute Gasteiger partial charge is 0.380 e. The highest BCUT2D eigenvalue weighted by Gasteiger charge is 1.94. The molecule has 1 unspecified atom stereocenters. The molecule has 1 N–H and O–H groups in total. The Morgan fingerprint density at radius 3 is 3.06 bits per heavy atom. The minimum absolute atomic E-state index is 0.336. The van der Waals surface area contributed by atoms with E-state index in [9.17, 15) is 0 Å². The molecule has 88 valence electrons. The summed E-state index contributed by atoms with van der Waals surface area (Å²) in [6.07, 6.45) is 5.93. The van der Waals surface area contributed by atoms with Gasteiger partial charge in [-0.3, -0.25) is 4.98 Å². The third-order valence-electron chi connectivity index (χ3n) is 2.16. The summed E-state index contributed by atoms with van der Waals surface area (Å²) < 4.78 is 5.25. The van der Waals surface area contributed by atoms with Crippen LogP contribution in [-0.2, 0) is 4.74 Å². The fourth-order valence-corrected chi connectivity index (χ4v) is 1.29. The zero-order valence-electron chi connectivity index (χ0n) is 10.0. The minimum atomic E-state index is 0.336. The summed E-state index contributed by atoms with van der Waals surface area (Å²) in [6, 6.07) is 6.23. The van der Waals surface area contributed by atoms with Gasteiger partial charge in [0, 0.05) is 25.4 Å². The van der Waals surface area contributed by atoms with E-state index >= 15 is 0 Å². The van der Waals surface area contributed by atoms with Gasteiger partial charge in [0.2, 0.25) is 0 Å². The van der Waals surface area contributed by atoms with E-state index in [0.29, 0.717) is 6.04 Å². The van der Waals surface area contributed by atoms with Crippen molar-refractivity contribution in [2.45, 2.75) is 19.9 Å². The van der Waals surface area contributed by atoms with Gasteiger partial charge in [-0.25, -0.2) is 0 Å². The van der Waals surface area contributed by atoms with Crippen LogP contribution in [0, 0.1) is 0 Å². The molecule has 1 aromatic heterocycles. The molecule has 0 saturated carbocycles. The number of rotatable bonds is 7. The van der Waals surface area contributed by atoms with E-state index in [-0.39, 0.29) is 0 Å². The van der Waals surface area contributed by atoms with Crippen molar-refractivity contribution in [1.82, 2.24) is 10.3 Å². The van der Waals surface area contributed by atoms with Gasteiger partial charge < -0.3 is 10.1 Å². The highest BCUT2D eigenvalue weighted by Crippen LogP contribution is 1.97.